The van der Waals surface area contributed by atoms with E-state index in [4.69, 9.17) is 4.74 Å². The van der Waals surface area contributed by atoms with Crippen molar-refractivity contribution in [3.8, 4) is 5.69 Å². The molecule has 27 heavy (non-hydrogen) atoms. The number of ether oxygens (including phenoxy) is 1. The molecule has 1 aromatic heterocycles. The number of carbonyl (C=O) groups is 1. The van der Waals surface area contributed by atoms with Gasteiger partial charge in [-0.3, -0.25) is 4.79 Å². The van der Waals surface area contributed by atoms with Crippen LogP contribution in [0.1, 0.15) is 21.5 Å². The van der Waals surface area contributed by atoms with Gasteiger partial charge in [0.2, 0.25) is 0 Å². The van der Waals surface area contributed by atoms with Crippen molar-refractivity contribution < 1.29 is 22.7 Å². The second-order valence-corrected chi connectivity index (χ2v) is 5.77. The van der Waals surface area contributed by atoms with Gasteiger partial charge in [0.05, 0.1) is 23.5 Å². The van der Waals surface area contributed by atoms with Gasteiger partial charge in [0.15, 0.2) is 0 Å². The first-order valence-corrected chi connectivity index (χ1v) is 7.99. The smallest absolute Gasteiger partial charge is 0.380 e. The molecule has 0 unspecified atom stereocenters. The summed E-state index contributed by atoms with van der Waals surface area (Å²) in [6.07, 6.45) is -1.45. The molecule has 1 heterocycles. The molecule has 5 nitrogen and oxygen atoms in total. The Morgan fingerprint density at radius 3 is 2.67 bits per heavy atom. The van der Waals surface area contributed by atoms with Gasteiger partial charge in [-0.25, -0.2) is 4.68 Å². The van der Waals surface area contributed by atoms with Crippen LogP contribution in [0.25, 0.3) is 5.69 Å². The number of carbonyl (C=O) groups excluding carboxylic acids is 1. The van der Waals surface area contributed by atoms with Crippen molar-refractivity contribution in [3.63, 3.8) is 0 Å². The second kappa shape index (κ2) is 7.63. The van der Waals surface area contributed by atoms with E-state index in [2.05, 4.69) is 10.4 Å². The number of aromatic nitrogens is 2. The maximum absolute atomic E-state index is 13.1. The topological polar surface area (TPSA) is 56.1 Å². The quantitative estimate of drug-likeness (QED) is 0.724. The van der Waals surface area contributed by atoms with Gasteiger partial charge in [-0.1, -0.05) is 12.1 Å². The Hall–Kier alpha value is -3.13. The minimum Gasteiger partial charge on any atom is -0.380 e. The van der Waals surface area contributed by atoms with E-state index in [0.717, 1.165) is 17.7 Å². The van der Waals surface area contributed by atoms with Gasteiger partial charge < -0.3 is 10.1 Å². The standard InChI is InChI=1S/C19H16F3N3O2/c1-27-12-13-4-2-5-14(10-13)18(26)24-16-11-15(19(20,21)22)6-7-17(16)25-9-3-8-23-25/h2-11H,12H2,1H3,(H,24,26). The Morgan fingerprint density at radius 1 is 1.19 bits per heavy atom. The van der Waals surface area contributed by atoms with Crippen LogP contribution in [0.2, 0.25) is 0 Å². The molecular formula is C19H16F3N3O2. The minimum atomic E-state index is -4.53. The molecule has 0 aliphatic rings. The number of methoxy groups -OCH3 is 1. The van der Waals surface area contributed by atoms with Gasteiger partial charge in [-0.05, 0) is 42.0 Å². The zero-order valence-electron chi connectivity index (χ0n) is 14.3. The van der Waals surface area contributed by atoms with Gasteiger partial charge in [-0.2, -0.15) is 18.3 Å². The highest BCUT2D eigenvalue weighted by molar-refractivity contribution is 6.05. The summed E-state index contributed by atoms with van der Waals surface area (Å²) in [5.41, 5.74) is 0.571. The summed E-state index contributed by atoms with van der Waals surface area (Å²) in [5, 5.41) is 6.58. The summed E-state index contributed by atoms with van der Waals surface area (Å²) >= 11 is 0. The van der Waals surface area contributed by atoms with Crippen molar-refractivity contribution in [3.05, 3.63) is 77.6 Å². The van der Waals surface area contributed by atoms with Crippen LogP contribution in [-0.2, 0) is 17.5 Å². The Labute approximate surface area is 153 Å². The molecule has 0 saturated carbocycles. The highest BCUT2D eigenvalue weighted by Crippen LogP contribution is 2.33. The molecule has 140 valence electrons. The Morgan fingerprint density at radius 2 is 2.00 bits per heavy atom. The number of amides is 1. The fourth-order valence-electron chi connectivity index (χ4n) is 2.59. The number of halogens is 3. The zero-order valence-corrected chi connectivity index (χ0v) is 14.3. The van der Waals surface area contributed by atoms with Gasteiger partial charge in [-0.15, -0.1) is 0 Å². The van der Waals surface area contributed by atoms with Crippen LogP contribution in [0, 0.1) is 0 Å². The van der Waals surface area contributed by atoms with E-state index >= 15 is 0 Å². The lowest BCUT2D eigenvalue weighted by Crippen LogP contribution is -2.16. The van der Waals surface area contributed by atoms with Crippen LogP contribution in [0.15, 0.2) is 60.9 Å². The highest BCUT2D eigenvalue weighted by atomic mass is 19.4. The lowest BCUT2D eigenvalue weighted by molar-refractivity contribution is -0.137. The van der Waals surface area contributed by atoms with Crippen LogP contribution in [0.4, 0.5) is 18.9 Å². The normalized spacial score (nSPS) is 11.4. The van der Waals surface area contributed by atoms with E-state index in [1.807, 2.05) is 0 Å². The number of hydrogen-bond donors (Lipinski definition) is 1. The van der Waals surface area contributed by atoms with Crippen molar-refractivity contribution in [2.45, 2.75) is 12.8 Å². The van der Waals surface area contributed by atoms with Crippen LogP contribution in [0.5, 0.6) is 0 Å². The molecular weight excluding hydrogens is 359 g/mol. The number of rotatable bonds is 5. The van der Waals surface area contributed by atoms with Crippen molar-refractivity contribution in [1.82, 2.24) is 9.78 Å². The Kier molecular flexibility index (Phi) is 5.27. The lowest BCUT2D eigenvalue weighted by Gasteiger charge is -2.15. The van der Waals surface area contributed by atoms with Gasteiger partial charge >= 0.3 is 6.18 Å². The van der Waals surface area contributed by atoms with E-state index in [1.54, 1.807) is 36.5 Å². The van der Waals surface area contributed by atoms with Crippen LogP contribution < -0.4 is 5.32 Å². The Balaban J connectivity index is 1.96. The molecule has 0 spiro atoms. The third-order valence-corrected chi connectivity index (χ3v) is 3.82. The third kappa shape index (κ3) is 4.35. The maximum Gasteiger partial charge on any atom is 0.416 e. The first kappa shape index (κ1) is 18.7. The molecule has 3 aromatic rings. The van der Waals surface area contributed by atoms with Gasteiger partial charge in [0.25, 0.3) is 5.91 Å². The van der Waals surface area contributed by atoms with Crippen LogP contribution in [-0.4, -0.2) is 22.8 Å². The van der Waals surface area contributed by atoms with E-state index in [0.29, 0.717) is 17.9 Å². The summed E-state index contributed by atoms with van der Waals surface area (Å²) in [4.78, 5) is 12.6. The number of benzene rings is 2. The monoisotopic (exact) mass is 375 g/mol. The average Bonchev–Trinajstić information content (AvgIpc) is 3.16. The number of anilines is 1. The Bertz CT molecular complexity index is 938. The first-order valence-electron chi connectivity index (χ1n) is 7.99. The van der Waals surface area contributed by atoms with E-state index in [9.17, 15) is 18.0 Å². The lowest BCUT2D eigenvalue weighted by atomic mass is 10.1. The summed E-state index contributed by atoms with van der Waals surface area (Å²) in [6, 6.07) is 11.4. The molecule has 0 radical (unpaired) electrons. The molecule has 0 atom stereocenters. The van der Waals surface area contributed by atoms with E-state index in [-0.39, 0.29) is 5.69 Å². The number of nitrogens with zero attached hydrogens (tertiary/aromatic N) is 2. The van der Waals surface area contributed by atoms with Gasteiger partial charge in [0, 0.05) is 25.1 Å². The predicted molar refractivity (Wildman–Crippen MR) is 93.7 cm³/mol. The maximum atomic E-state index is 13.1. The SMILES string of the molecule is COCc1cccc(C(=O)Nc2cc(C(F)(F)F)ccc2-n2cccn2)c1. The average molecular weight is 375 g/mol. The minimum absolute atomic E-state index is 0.00988. The van der Waals surface area contributed by atoms with Crippen molar-refractivity contribution in [2.24, 2.45) is 0 Å². The largest absolute Gasteiger partial charge is 0.416 e. The fraction of sp³-hybridized carbons (Fsp3) is 0.158. The number of hydrogen-bond acceptors (Lipinski definition) is 3. The first-order chi connectivity index (χ1) is 12.9. The molecule has 0 bridgehead atoms. The molecule has 8 heteroatoms. The van der Waals surface area contributed by atoms with Crippen LogP contribution in [0.3, 0.4) is 0 Å². The molecule has 1 amide bonds. The number of nitrogens with one attached hydrogen (secondary N) is 1. The second-order valence-electron chi connectivity index (χ2n) is 5.77. The van der Waals surface area contributed by atoms with Crippen molar-refractivity contribution in [2.75, 3.05) is 12.4 Å². The zero-order chi connectivity index (χ0) is 19.4. The molecule has 1 N–H and O–H groups in total. The molecule has 0 saturated heterocycles. The summed E-state index contributed by atoms with van der Waals surface area (Å²) in [6.45, 7) is 0.323. The third-order valence-electron chi connectivity index (χ3n) is 3.82. The molecule has 3 rings (SSSR count). The predicted octanol–water partition coefficient (Wildman–Crippen LogP) is 4.29. The molecule has 0 fully saturated rings. The molecule has 2 aromatic carbocycles. The summed E-state index contributed by atoms with van der Waals surface area (Å²) in [5.74, 6) is -0.527. The number of alkyl halides is 3. The van der Waals surface area contributed by atoms with Crippen LogP contribution >= 0.6 is 0 Å². The summed E-state index contributed by atoms with van der Waals surface area (Å²) in [7, 11) is 1.53. The molecule has 0 aliphatic heterocycles. The van der Waals surface area contributed by atoms with Crippen molar-refractivity contribution in [1.29, 1.82) is 0 Å². The van der Waals surface area contributed by atoms with E-state index < -0.39 is 17.6 Å². The highest BCUT2D eigenvalue weighted by Gasteiger charge is 2.31. The van der Waals surface area contributed by atoms with Gasteiger partial charge in [0.1, 0.15) is 0 Å². The fourth-order valence-corrected chi connectivity index (χ4v) is 2.59. The summed E-state index contributed by atoms with van der Waals surface area (Å²) < 4.78 is 45.7. The van der Waals surface area contributed by atoms with Crippen molar-refractivity contribution >= 4 is 11.6 Å². The van der Waals surface area contributed by atoms with E-state index in [1.165, 1.54) is 24.1 Å². The molecule has 0 aliphatic carbocycles.